The van der Waals surface area contributed by atoms with Crippen LogP contribution in [0.15, 0.2) is 17.4 Å². The molecule has 2 N–H and O–H groups in total. The molecule has 8 nitrogen and oxygen atoms in total. The van der Waals surface area contributed by atoms with Crippen LogP contribution in [0.25, 0.3) is 0 Å². The Morgan fingerprint density at radius 2 is 1.90 bits per heavy atom. The second kappa shape index (κ2) is 8.64. The third-order valence-electron chi connectivity index (χ3n) is 10.4. The predicted molar refractivity (Wildman–Crippen MR) is 140 cm³/mol. The average molecular weight is 539 g/mol. The van der Waals surface area contributed by atoms with Crippen molar-refractivity contribution in [3.05, 3.63) is 39.7 Å². The molecule has 6 rings (SSSR count). The number of phenolic OH excluding ortho intramolecular Hbond substituents is 1. The molecule has 210 valence electrons. The van der Waals surface area contributed by atoms with Gasteiger partial charge in [0.15, 0.2) is 17.8 Å². The summed E-state index contributed by atoms with van der Waals surface area (Å²) in [4.78, 5) is 40.9. The lowest BCUT2D eigenvalue weighted by Crippen LogP contribution is -2.53. The molecule has 3 aliphatic carbocycles. The van der Waals surface area contributed by atoms with Crippen molar-refractivity contribution < 1.29 is 38.8 Å². The fourth-order valence-corrected chi connectivity index (χ4v) is 7.91. The molecular formula is C31H38O8. The lowest BCUT2D eigenvalue weighted by Gasteiger charge is -2.51. The molecule has 8 atom stereocenters. The zero-order valence-corrected chi connectivity index (χ0v) is 23.5. The van der Waals surface area contributed by atoms with Gasteiger partial charge in [0.1, 0.15) is 17.5 Å². The number of hydrogen-bond acceptors (Lipinski definition) is 8. The molecule has 0 radical (unpaired) electrons. The molecule has 0 spiro atoms. The predicted octanol–water partition coefficient (Wildman–Crippen LogP) is 4.23. The molecular weight excluding hydrogens is 500 g/mol. The standard InChI is InChI=1S/C31H38O8/c1-7-13(2)28(35)38-21-11-18-15(8-14(21)3)23-25(33)17-10-20(32)24-16(9-19-29(36)37-12-31(19,24)6)22(17)26(34)27(23)39-30(18,4)5/h10,13-15,18-19,21,29,32,36H,7-9,11-12H2,1-6H3. The summed E-state index contributed by atoms with van der Waals surface area (Å²) in [5.74, 6) is -1.63. The first kappa shape index (κ1) is 26.5. The third-order valence-corrected chi connectivity index (χ3v) is 10.4. The summed E-state index contributed by atoms with van der Waals surface area (Å²) in [7, 11) is 0. The lowest BCUT2D eigenvalue weighted by molar-refractivity contribution is -0.165. The van der Waals surface area contributed by atoms with Gasteiger partial charge in [-0.3, -0.25) is 14.4 Å². The Morgan fingerprint density at radius 1 is 1.18 bits per heavy atom. The van der Waals surface area contributed by atoms with Crippen LogP contribution in [0.3, 0.4) is 0 Å². The molecule has 1 aromatic rings. The van der Waals surface area contributed by atoms with Gasteiger partial charge < -0.3 is 24.4 Å². The molecule has 1 saturated carbocycles. The minimum absolute atomic E-state index is 0.000408. The number of aliphatic hydroxyl groups excluding tert-OH is 1. The SMILES string of the molecule is CCC(C)C(=O)OC1CC2C(CC1C)C1=C(OC2(C)C)C(=O)c2c(cc(O)c3c2CC2C(O)OCC32C)C1=O. The molecule has 2 heterocycles. The van der Waals surface area contributed by atoms with Crippen LogP contribution in [0, 0.1) is 29.6 Å². The number of ketones is 2. The van der Waals surface area contributed by atoms with Crippen molar-refractivity contribution in [1.29, 1.82) is 0 Å². The zero-order valence-electron chi connectivity index (χ0n) is 23.5. The van der Waals surface area contributed by atoms with E-state index in [0.717, 1.165) is 0 Å². The number of allylic oxidation sites excluding steroid dienone is 2. The van der Waals surface area contributed by atoms with Crippen molar-refractivity contribution in [2.75, 3.05) is 6.61 Å². The normalized spacial score (nSPS) is 36.8. The maximum absolute atomic E-state index is 14.2. The van der Waals surface area contributed by atoms with Crippen molar-refractivity contribution in [2.24, 2.45) is 29.6 Å². The molecule has 2 aliphatic heterocycles. The fraction of sp³-hybridized carbons (Fsp3) is 0.645. The minimum atomic E-state index is -1.00. The summed E-state index contributed by atoms with van der Waals surface area (Å²) < 4.78 is 17.8. The number of ether oxygens (including phenoxy) is 3. The van der Waals surface area contributed by atoms with E-state index >= 15 is 0 Å². The largest absolute Gasteiger partial charge is 0.508 e. The van der Waals surface area contributed by atoms with E-state index in [9.17, 15) is 24.6 Å². The Bertz CT molecular complexity index is 1320. The highest BCUT2D eigenvalue weighted by Crippen LogP contribution is 2.57. The maximum atomic E-state index is 14.2. The van der Waals surface area contributed by atoms with Gasteiger partial charge in [0.25, 0.3) is 0 Å². The summed E-state index contributed by atoms with van der Waals surface area (Å²) in [5.41, 5.74) is 0.652. The summed E-state index contributed by atoms with van der Waals surface area (Å²) >= 11 is 0. The Labute approximate surface area is 228 Å². The number of aliphatic hydroxyl groups is 1. The van der Waals surface area contributed by atoms with E-state index in [1.165, 1.54) is 6.07 Å². The number of esters is 1. The number of Topliss-reactive ketones (excluding diaryl/α,β-unsaturated/α-hetero) is 2. The number of hydrogen-bond donors (Lipinski definition) is 2. The first-order valence-electron chi connectivity index (χ1n) is 14.2. The molecule has 39 heavy (non-hydrogen) atoms. The summed E-state index contributed by atoms with van der Waals surface area (Å²) in [6.45, 7) is 11.9. The first-order chi connectivity index (χ1) is 18.3. The topological polar surface area (TPSA) is 119 Å². The van der Waals surface area contributed by atoms with Crippen LogP contribution in [0.1, 0.15) is 92.6 Å². The van der Waals surface area contributed by atoms with E-state index in [2.05, 4.69) is 0 Å². The van der Waals surface area contributed by atoms with Gasteiger partial charge in [-0.2, -0.15) is 0 Å². The zero-order chi connectivity index (χ0) is 28.2. The number of benzene rings is 1. The van der Waals surface area contributed by atoms with E-state index in [4.69, 9.17) is 14.2 Å². The second-order valence-electron chi connectivity index (χ2n) is 13.2. The van der Waals surface area contributed by atoms with Crippen LogP contribution in [-0.2, 0) is 30.8 Å². The second-order valence-corrected chi connectivity index (χ2v) is 13.2. The van der Waals surface area contributed by atoms with Gasteiger partial charge in [0, 0.05) is 39.5 Å². The molecule has 1 saturated heterocycles. The number of rotatable bonds is 3. The van der Waals surface area contributed by atoms with Crippen LogP contribution in [0.5, 0.6) is 5.75 Å². The number of carbonyl (C=O) groups is 3. The molecule has 1 aromatic carbocycles. The van der Waals surface area contributed by atoms with Gasteiger partial charge in [0.2, 0.25) is 5.78 Å². The van der Waals surface area contributed by atoms with E-state index in [1.54, 1.807) is 0 Å². The van der Waals surface area contributed by atoms with Crippen LogP contribution in [-0.4, -0.2) is 52.4 Å². The molecule has 0 amide bonds. The molecule has 5 aliphatic rings. The quantitative estimate of drug-likeness (QED) is 0.549. The van der Waals surface area contributed by atoms with E-state index in [0.29, 0.717) is 42.4 Å². The van der Waals surface area contributed by atoms with Gasteiger partial charge in [-0.05, 0) is 63.0 Å². The Hall–Kier alpha value is -2.71. The van der Waals surface area contributed by atoms with Crippen molar-refractivity contribution in [3.8, 4) is 5.75 Å². The fourth-order valence-electron chi connectivity index (χ4n) is 7.91. The van der Waals surface area contributed by atoms with Gasteiger partial charge in [-0.1, -0.05) is 27.7 Å². The van der Waals surface area contributed by atoms with Gasteiger partial charge in [0.05, 0.1) is 12.5 Å². The lowest BCUT2D eigenvalue weighted by atomic mass is 9.61. The van der Waals surface area contributed by atoms with Gasteiger partial charge in [-0.15, -0.1) is 0 Å². The van der Waals surface area contributed by atoms with Gasteiger partial charge >= 0.3 is 5.97 Å². The molecule has 8 heteroatoms. The molecule has 2 fully saturated rings. The smallest absolute Gasteiger partial charge is 0.308 e. The minimum Gasteiger partial charge on any atom is -0.508 e. The monoisotopic (exact) mass is 538 g/mol. The van der Waals surface area contributed by atoms with Crippen molar-refractivity contribution in [1.82, 2.24) is 0 Å². The number of fused-ring (bicyclic) bond motifs is 7. The van der Waals surface area contributed by atoms with E-state index in [1.807, 2.05) is 41.5 Å². The highest BCUT2D eigenvalue weighted by atomic mass is 16.6. The van der Waals surface area contributed by atoms with Crippen LogP contribution >= 0.6 is 0 Å². The summed E-state index contributed by atoms with van der Waals surface area (Å²) in [5, 5.41) is 21.6. The summed E-state index contributed by atoms with van der Waals surface area (Å²) in [6.07, 6.45) is 0.874. The van der Waals surface area contributed by atoms with Crippen LogP contribution in [0.4, 0.5) is 0 Å². The number of carbonyl (C=O) groups excluding carboxylic acids is 3. The Morgan fingerprint density at radius 3 is 2.59 bits per heavy atom. The maximum Gasteiger partial charge on any atom is 0.308 e. The van der Waals surface area contributed by atoms with Crippen molar-refractivity contribution in [3.63, 3.8) is 0 Å². The van der Waals surface area contributed by atoms with E-state index in [-0.39, 0.29) is 82.5 Å². The molecule has 8 unspecified atom stereocenters. The van der Waals surface area contributed by atoms with Crippen LogP contribution < -0.4 is 0 Å². The van der Waals surface area contributed by atoms with E-state index < -0.39 is 17.3 Å². The molecule has 0 bridgehead atoms. The average Bonchev–Trinajstić information content (AvgIpc) is 3.34. The third kappa shape index (κ3) is 3.60. The molecule has 0 aromatic heterocycles. The van der Waals surface area contributed by atoms with Crippen molar-refractivity contribution >= 4 is 17.5 Å². The highest BCUT2D eigenvalue weighted by molar-refractivity contribution is 6.27. The Kier molecular flexibility index (Phi) is 5.87. The summed E-state index contributed by atoms with van der Waals surface area (Å²) in [6, 6.07) is 1.42. The number of phenols is 1. The first-order valence-corrected chi connectivity index (χ1v) is 14.2. The van der Waals surface area contributed by atoms with Crippen LogP contribution in [0.2, 0.25) is 0 Å². The highest BCUT2D eigenvalue weighted by Gasteiger charge is 2.58. The van der Waals surface area contributed by atoms with Crippen molar-refractivity contribution in [2.45, 2.75) is 90.6 Å². The number of aromatic hydroxyl groups is 1. The Balaban J connectivity index is 1.40. The van der Waals surface area contributed by atoms with Gasteiger partial charge in [-0.25, -0.2) is 0 Å².